The van der Waals surface area contributed by atoms with Crippen molar-refractivity contribution in [2.45, 2.75) is 155 Å². The highest BCUT2D eigenvalue weighted by Crippen LogP contribution is 2.69. The summed E-state index contributed by atoms with van der Waals surface area (Å²) in [6.45, 7) is 17.0. The molecule has 4 nitrogen and oxygen atoms in total. The molecule has 4 rings (SSSR count). The Morgan fingerprint density at radius 1 is 0.837 bits per heavy atom. The van der Waals surface area contributed by atoms with Gasteiger partial charge in [0.1, 0.15) is 0 Å². The summed E-state index contributed by atoms with van der Waals surface area (Å²) in [4.78, 5) is 0. The monoisotopic (exact) mass is 602 g/mol. The van der Waals surface area contributed by atoms with Gasteiger partial charge in [-0.3, -0.25) is 0 Å². The van der Waals surface area contributed by atoms with Gasteiger partial charge < -0.3 is 20.3 Å². The number of unbranched alkanes of at least 4 members (excludes halogenated alkanes) is 5. The van der Waals surface area contributed by atoms with Gasteiger partial charge in [-0.15, -0.1) is 0 Å². The van der Waals surface area contributed by atoms with Gasteiger partial charge in [0.15, 0.2) is 0 Å². The molecule has 0 bridgehead atoms. The Balaban J connectivity index is 1.23. The number of rotatable bonds is 18. The summed E-state index contributed by atoms with van der Waals surface area (Å²) < 4.78 is 11.2. The van der Waals surface area contributed by atoms with Crippen LogP contribution in [0.5, 0.6) is 0 Å². The van der Waals surface area contributed by atoms with E-state index in [4.69, 9.17) is 15.2 Å². The third kappa shape index (κ3) is 8.30. The van der Waals surface area contributed by atoms with Gasteiger partial charge in [0.25, 0.3) is 0 Å². The summed E-state index contributed by atoms with van der Waals surface area (Å²) in [5.74, 6) is 5.03. The maximum atomic E-state index is 11.8. The third-order valence-electron chi connectivity index (χ3n) is 14.0. The predicted molar refractivity (Wildman–Crippen MR) is 181 cm³/mol. The van der Waals surface area contributed by atoms with Crippen LogP contribution in [0.1, 0.15) is 143 Å². The van der Waals surface area contributed by atoms with Gasteiger partial charge in [-0.1, -0.05) is 58.6 Å². The summed E-state index contributed by atoms with van der Waals surface area (Å²) in [7, 11) is 1.85. The van der Waals surface area contributed by atoms with E-state index in [9.17, 15) is 5.11 Å². The number of fused-ring (bicyclic) bond motifs is 5. The van der Waals surface area contributed by atoms with E-state index >= 15 is 0 Å². The van der Waals surface area contributed by atoms with Crippen molar-refractivity contribution in [2.75, 3.05) is 26.9 Å². The molecule has 0 aliphatic heterocycles. The number of methoxy groups -OCH3 is 1. The highest BCUT2D eigenvalue weighted by atomic mass is 16.5. The third-order valence-corrected chi connectivity index (χ3v) is 14.0. The largest absolute Gasteiger partial charge is 0.393 e. The minimum Gasteiger partial charge on any atom is -0.393 e. The molecule has 0 aromatic rings. The molecule has 10 unspecified atom stereocenters. The first kappa shape index (κ1) is 35.4. The number of aliphatic hydroxyl groups is 1. The molecule has 250 valence electrons. The predicted octanol–water partition coefficient (Wildman–Crippen LogP) is 9.34. The average molecular weight is 602 g/mol. The first-order chi connectivity index (χ1) is 20.7. The number of hydrogen-bond donors (Lipinski definition) is 2. The van der Waals surface area contributed by atoms with E-state index < -0.39 is 0 Å². The summed E-state index contributed by atoms with van der Waals surface area (Å²) in [6, 6.07) is 0. The zero-order chi connectivity index (χ0) is 31.0. The van der Waals surface area contributed by atoms with Gasteiger partial charge in [-0.05, 0) is 156 Å². The zero-order valence-electron chi connectivity index (χ0n) is 29.1. The molecule has 4 heteroatoms. The van der Waals surface area contributed by atoms with Crippen molar-refractivity contribution < 1.29 is 14.6 Å². The van der Waals surface area contributed by atoms with E-state index in [1.807, 2.05) is 7.11 Å². The second-order valence-electron chi connectivity index (χ2n) is 16.4. The van der Waals surface area contributed by atoms with E-state index in [1.165, 1.54) is 108 Å². The van der Waals surface area contributed by atoms with Crippen LogP contribution in [0.3, 0.4) is 0 Å². The lowest BCUT2D eigenvalue weighted by Gasteiger charge is -2.62. The maximum Gasteiger partial charge on any atom is 0.0576 e. The van der Waals surface area contributed by atoms with Crippen molar-refractivity contribution in [1.29, 1.82) is 0 Å². The molecular formula is C39H71NO3. The van der Waals surface area contributed by atoms with E-state index in [-0.39, 0.29) is 6.10 Å². The second-order valence-corrected chi connectivity index (χ2v) is 16.4. The van der Waals surface area contributed by atoms with Crippen molar-refractivity contribution >= 4 is 0 Å². The van der Waals surface area contributed by atoms with Crippen LogP contribution in [0.2, 0.25) is 0 Å². The molecule has 4 aliphatic carbocycles. The van der Waals surface area contributed by atoms with Crippen LogP contribution in [0.15, 0.2) is 12.2 Å². The Labute approximate surface area is 266 Å². The van der Waals surface area contributed by atoms with E-state index in [0.717, 1.165) is 62.2 Å². The van der Waals surface area contributed by atoms with Crippen LogP contribution in [-0.2, 0) is 9.47 Å². The van der Waals surface area contributed by atoms with Gasteiger partial charge in [0.05, 0.1) is 12.2 Å². The Bertz CT molecular complexity index is 846. The Kier molecular flexibility index (Phi) is 13.5. The van der Waals surface area contributed by atoms with E-state index in [0.29, 0.717) is 28.8 Å². The maximum absolute atomic E-state index is 11.8. The SMILES string of the molecule is C=C(CCCCCCCCOCCCN)C1CCC2(C)C(C1)C(O)CC1C2CC[C@]2(C)C(C(C)CCC(C)OC)CCC12. The fourth-order valence-corrected chi connectivity index (χ4v) is 11.2. The first-order valence-electron chi connectivity index (χ1n) is 18.8. The highest BCUT2D eigenvalue weighted by Gasteiger charge is 2.62. The van der Waals surface area contributed by atoms with E-state index in [2.05, 4.69) is 34.3 Å². The minimum atomic E-state index is -0.123. The lowest BCUT2D eigenvalue weighted by atomic mass is 9.43. The molecule has 4 saturated carbocycles. The summed E-state index contributed by atoms with van der Waals surface area (Å²) >= 11 is 0. The average Bonchev–Trinajstić information content (AvgIpc) is 3.35. The molecule has 11 atom stereocenters. The van der Waals surface area contributed by atoms with Crippen LogP contribution in [0.25, 0.3) is 0 Å². The van der Waals surface area contributed by atoms with Crippen molar-refractivity contribution in [3.05, 3.63) is 12.2 Å². The standard InChI is InChI=1S/C39H71NO3/c1-28(14-11-9-7-8-10-12-24-43-25-13-23-40)31-19-21-39(5)35-20-22-38(4)33(29(2)15-16-30(3)42-6)17-18-34(38)32(35)27-37(41)36(39)26-31/h29-37,41H,1,7-27,40H2,2-6H3/t29?,30?,31?,32?,33?,34?,35?,36?,37?,38-,39?/m1/s1. The van der Waals surface area contributed by atoms with Crippen LogP contribution < -0.4 is 5.73 Å². The van der Waals surface area contributed by atoms with Crippen LogP contribution in [0, 0.1) is 52.3 Å². The second kappa shape index (κ2) is 16.4. The molecule has 0 aromatic heterocycles. The molecule has 0 saturated heterocycles. The Hall–Kier alpha value is -0.420. The number of aliphatic hydroxyl groups excluding tert-OH is 1. The van der Waals surface area contributed by atoms with Crippen molar-refractivity contribution in [3.8, 4) is 0 Å². The van der Waals surface area contributed by atoms with Crippen molar-refractivity contribution in [1.82, 2.24) is 0 Å². The molecule has 0 heterocycles. The molecule has 4 fully saturated rings. The summed E-state index contributed by atoms with van der Waals surface area (Å²) in [5, 5.41) is 11.8. The lowest BCUT2D eigenvalue weighted by Crippen LogP contribution is -2.58. The van der Waals surface area contributed by atoms with Crippen molar-refractivity contribution in [2.24, 2.45) is 58.0 Å². The van der Waals surface area contributed by atoms with Crippen LogP contribution >= 0.6 is 0 Å². The molecule has 43 heavy (non-hydrogen) atoms. The fourth-order valence-electron chi connectivity index (χ4n) is 11.2. The molecule has 0 spiro atoms. The molecular weight excluding hydrogens is 530 g/mol. The normalized spacial score (nSPS) is 38.6. The Morgan fingerprint density at radius 3 is 2.26 bits per heavy atom. The highest BCUT2D eigenvalue weighted by molar-refractivity contribution is 5.14. The minimum absolute atomic E-state index is 0.123. The van der Waals surface area contributed by atoms with Gasteiger partial charge >= 0.3 is 0 Å². The van der Waals surface area contributed by atoms with Gasteiger partial charge in [-0.2, -0.15) is 0 Å². The fraction of sp³-hybridized carbons (Fsp3) is 0.949. The molecule has 3 N–H and O–H groups in total. The quantitative estimate of drug-likeness (QED) is 0.121. The molecule has 0 aromatic carbocycles. The van der Waals surface area contributed by atoms with Crippen LogP contribution in [-0.4, -0.2) is 44.2 Å². The Morgan fingerprint density at radius 2 is 1.51 bits per heavy atom. The van der Waals surface area contributed by atoms with Gasteiger partial charge in [0, 0.05) is 20.3 Å². The molecule has 0 amide bonds. The molecule has 0 radical (unpaired) electrons. The zero-order valence-corrected chi connectivity index (χ0v) is 29.1. The van der Waals surface area contributed by atoms with Crippen molar-refractivity contribution in [3.63, 3.8) is 0 Å². The number of nitrogens with two attached hydrogens (primary N) is 1. The number of ether oxygens (including phenoxy) is 2. The number of allylic oxidation sites excluding steroid dienone is 1. The van der Waals surface area contributed by atoms with Gasteiger partial charge in [0.2, 0.25) is 0 Å². The van der Waals surface area contributed by atoms with Crippen LogP contribution in [0.4, 0.5) is 0 Å². The summed E-state index contributed by atoms with van der Waals surface area (Å²) in [6.07, 6.45) is 23.0. The molecule has 4 aliphatic rings. The first-order valence-corrected chi connectivity index (χ1v) is 18.8. The summed E-state index contributed by atoms with van der Waals surface area (Å²) in [5.41, 5.74) is 7.77. The van der Waals surface area contributed by atoms with Gasteiger partial charge in [-0.25, -0.2) is 0 Å². The number of hydrogen-bond acceptors (Lipinski definition) is 4. The lowest BCUT2D eigenvalue weighted by molar-refractivity contribution is -0.164. The van der Waals surface area contributed by atoms with E-state index in [1.54, 1.807) is 0 Å². The smallest absolute Gasteiger partial charge is 0.0576 e. The topological polar surface area (TPSA) is 64.7 Å².